The van der Waals surface area contributed by atoms with Crippen LogP contribution in [0.1, 0.15) is 70.7 Å². The first kappa shape index (κ1) is 30.3. The van der Waals surface area contributed by atoms with Gasteiger partial charge in [0.15, 0.2) is 0 Å². The van der Waals surface area contributed by atoms with Crippen LogP contribution in [0, 0.1) is 13.8 Å². The van der Waals surface area contributed by atoms with E-state index in [1.165, 1.54) is 4.90 Å². The molecule has 0 heterocycles. The lowest BCUT2D eigenvalue weighted by Crippen LogP contribution is -2.58. The van der Waals surface area contributed by atoms with Gasteiger partial charge in [0, 0.05) is 11.2 Å². The van der Waals surface area contributed by atoms with E-state index in [0.29, 0.717) is 11.3 Å². The number of aryl methyl sites for hydroxylation is 2. The summed E-state index contributed by atoms with van der Waals surface area (Å²) in [4.78, 5) is 53.9. The summed E-state index contributed by atoms with van der Waals surface area (Å²) < 4.78 is 5.31. The fourth-order valence-electron chi connectivity index (χ4n) is 4.04. The van der Waals surface area contributed by atoms with Gasteiger partial charge in [-0.1, -0.05) is 48.0 Å². The molecule has 38 heavy (non-hydrogen) atoms. The number of nitrogens with one attached hydrogen (secondary N) is 2. The van der Waals surface area contributed by atoms with Crippen LogP contribution < -0.4 is 16.4 Å². The van der Waals surface area contributed by atoms with Crippen LogP contribution in [0.25, 0.3) is 0 Å². The molecule has 0 aliphatic rings. The number of anilines is 1. The van der Waals surface area contributed by atoms with Crippen LogP contribution in [-0.2, 0) is 19.1 Å². The molecule has 2 aromatic carbocycles. The summed E-state index contributed by atoms with van der Waals surface area (Å²) in [7, 11) is 0. The van der Waals surface area contributed by atoms with Crippen molar-refractivity contribution in [2.45, 2.75) is 85.0 Å². The number of primary amides is 1. The van der Waals surface area contributed by atoms with Gasteiger partial charge in [-0.3, -0.25) is 14.4 Å². The zero-order valence-corrected chi connectivity index (χ0v) is 23.5. The lowest BCUT2D eigenvalue weighted by Gasteiger charge is -2.43. The Bertz CT molecular complexity index is 1180. The molecule has 2 unspecified atom stereocenters. The van der Waals surface area contributed by atoms with Crippen molar-refractivity contribution in [3.63, 3.8) is 0 Å². The Morgan fingerprint density at radius 1 is 0.947 bits per heavy atom. The summed E-state index contributed by atoms with van der Waals surface area (Å²) in [5.74, 6) is -1.87. The van der Waals surface area contributed by atoms with Crippen molar-refractivity contribution >= 4 is 29.5 Å². The van der Waals surface area contributed by atoms with Crippen molar-refractivity contribution < 1.29 is 23.9 Å². The van der Waals surface area contributed by atoms with Gasteiger partial charge < -0.3 is 26.0 Å². The number of benzene rings is 2. The maximum absolute atomic E-state index is 14.1. The number of carbonyl (C=O) groups is 4. The highest BCUT2D eigenvalue weighted by Gasteiger charge is 2.42. The van der Waals surface area contributed by atoms with Gasteiger partial charge in [-0.25, -0.2) is 4.79 Å². The third kappa shape index (κ3) is 8.61. The smallest absolute Gasteiger partial charge is 0.408 e. The van der Waals surface area contributed by atoms with E-state index in [9.17, 15) is 19.2 Å². The summed E-state index contributed by atoms with van der Waals surface area (Å²) in [6.07, 6.45) is -1.34. The number of carbonyl (C=O) groups excluding carboxylic acids is 4. The molecule has 9 heteroatoms. The van der Waals surface area contributed by atoms with Crippen LogP contribution >= 0.6 is 0 Å². The lowest BCUT2D eigenvalue weighted by molar-refractivity contribution is -0.147. The van der Waals surface area contributed by atoms with E-state index in [1.54, 1.807) is 53.7 Å². The molecule has 0 saturated heterocycles. The molecule has 0 saturated carbocycles. The second-order valence-electron chi connectivity index (χ2n) is 11.4. The first-order valence-corrected chi connectivity index (χ1v) is 12.5. The third-order valence-corrected chi connectivity index (χ3v) is 5.62. The van der Waals surface area contributed by atoms with Crippen LogP contribution in [0.15, 0.2) is 48.5 Å². The molecule has 9 nitrogen and oxygen atoms in total. The second kappa shape index (κ2) is 12.1. The topological polar surface area (TPSA) is 131 Å². The molecule has 0 bridgehead atoms. The number of alkyl carbamates (subject to hydrolysis) is 1. The summed E-state index contributed by atoms with van der Waals surface area (Å²) in [5, 5.41) is 5.44. The molecule has 4 N–H and O–H groups in total. The summed E-state index contributed by atoms with van der Waals surface area (Å²) in [6.45, 7) is 14.2. The molecule has 206 valence electrons. The Morgan fingerprint density at radius 2 is 1.58 bits per heavy atom. The number of hydrogen-bond acceptors (Lipinski definition) is 5. The van der Waals surface area contributed by atoms with Crippen molar-refractivity contribution in [2.24, 2.45) is 5.73 Å². The first-order chi connectivity index (χ1) is 17.5. The normalized spacial score (nSPS) is 13.2. The summed E-state index contributed by atoms with van der Waals surface area (Å²) >= 11 is 0. The number of rotatable bonds is 8. The maximum atomic E-state index is 14.1. The molecule has 0 aliphatic carbocycles. The average Bonchev–Trinajstić information content (AvgIpc) is 2.75. The molecule has 0 radical (unpaired) electrons. The molecule has 2 rings (SSSR count). The van der Waals surface area contributed by atoms with Crippen molar-refractivity contribution in [1.82, 2.24) is 10.2 Å². The van der Waals surface area contributed by atoms with Crippen LogP contribution in [-0.4, -0.2) is 45.9 Å². The maximum Gasteiger partial charge on any atom is 0.408 e. The van der Waals surface area contributed by atoms with E-state index >= 15 is 0 Å². The van der Waals surface area contributed by atoms with Crippen molar-refractivity contribution in [3.8, 4) is 0 Å². The number of nitrogens with two attached hydrogens (primary N) is 1. The van der Waals surface area contributed by atoms with Gasteiger partial charge >= 0.3 is 6.09 Å². The minimum atomic E-state index is -1.35. The van der Waals surface area contributed by atoms with Gasteiger partial charge in [0.25, 0.3) is 5.91 Å². The number of amides is 4. The molecule has 0 aromatic heterocycles. The van der Waals surface area contributed by atoms with Gasteiger partial charge in [0.2, 0.25) is 11.8 Å². The minimum Gasteiger partial charge on any atom is -0.444 e. The molecule has 2 aromatic rings. The van der Waals surface area contributed by atoms with Crippen molar-refractivity contribution in [2.75, 3.05) is 5.32 Å². The Kier molecular flexibility index (Phi) is 9.67. The van der Waals surface area contributed by atoms with E-state index in [0.717, 1.165) is 11.1 Å². The highest BCUT2D eigenvalue weighted by atomic mass is 16.6. The van der Waals surface area contributed by atoms with Gasteiger partial charge in [0.05, 0.1) is 6.42 Å². The summed E-state index contributed by atoms with van der Waals surface area (Å²) in [6, 6.07) is 12.2. The Balaban J connectivity index is 2.61. The van der Waals surface area contributed by atoms with E-state index in [2.05, 4.69) is 10.6 Å². The molecule has 0 spiro atoms. The Hall–Kier alpha value is -3.88. The lowest BCUT2D eigenvalue weighted by atomic mass is 9.94. The quantitative estimate of drug-likeness (QED) is 0.472. The van der Waals surface area contributed by atoms with E-state index in [4.69, 9.17) is 10.5 Å². The monoisotopic (exact) mass is 524 g/mol. The molecule has 0 fully saturated rings. The Labute approximate surface area is 225 Å². The van der Waals surface area contributed by atoms with Gasteiger partial charge in [0.1, 0.15) is 17.7 Å². The Morgan fingerprint density at radius 3 is 2.11 bits per heavy atom. The van der Waals surface area contributed by atoms with E-state index in [1.807, 2.05) is 50.2 Å². The third-order valence-electron chi connectivity index (χ3n) is 5.62. The molecular weight excluding hydrogens is 484 g/mol. The SMILES string of the molecule is Cc1cccc(C(C(=O)Nc2ccccc2C)N(C(=O)C(CC(N)=O)NC(=O)OC(C)(C)C)C(C)(C)C)c1. The standard InChI is InChI=1S/C29H40N4O5/c1-18-12-11-14-20(16-18)24(25(35)31-21-15-10-9-13-19(21)2)33(28(3,4)5)26(36)22(17-23(30)34)32-27(37)38-29(6,7)8/h9-16,22,24H,17H2,1-8H3,(H2,30,34)(H,31,35)(H,32,37). The zero-order chi connectivity index (χ0) is 28.8. The fourth-order valence-corrected chi connectivity index (χ4v) is 4.04. The van der Waals surface area contributed by atoms with Gasteiger partial charge in [-0.15, -0.1) is 0 Å². The highest BCUT2D eigenvalue weighted by Crippen LogP contribution is 2.32. The highest BCUT2D eigenvalue weighted by molar-refractivity contribution is 6.00. The van der Waals surface area contributed by atoms with Crippen LogP contribution in [0.3, 0.4) is 0 Å². The number of para-hydroxylation sites is 1. The molecular formula is C29H40N4O5. The zero-order valence-electron chi connectivity index (χ0n) is 23.5. The van der Waals surface area contributed by atoms with Crippen LogP contribution in [0.5, 0.6) is 0 Å². The first-order valence-electron chi connectivity index (χ1n) is 12.5. The largest absolute Gasteiger partial charge is 0.444 e. The van der Waals surface area contributed by atoms with Crippen molar-refractivity contribution in [3.05, 3.63) is 65.2 Å². The number of ether oxygens (including phenoxy) is 1. The van der Waals surface area contributed by atoms with E-state index < -0.39 is 53.5 Å². The van der Waals surface area contributed by atoms with Crippen molar-refractivity contribution in [1.29, 1.82) is 0 Å². The van der Waals surface area contributed by atoms with E-state index in [-0.39, 0.29) is 0 Å². The predicted molar refractivity (Wildman–Crippen MR) is 147 cm³/mol. The molecule has 4 amide bonds. The average molecular weight is 525 g/mol. The minimum absolute atomic E-state index is 0.441. The number of nitrogens with zero attached hydrogens (tertiary/aromatic N) is 1. The summed E-state index contributed by atoms with van der Waals surface area (Å²) in [5.41, 5.74) is 6.66. The second-order valence-corrected chi connectivity index (χ2v) is 11.4. The van der Waals surface area contributed by atoms with Gasteiger partial charge in [-0.05, 0) is 72.6 Å². The fraction of sp³-hybridized carbons (Fsp3) is 0.448. The molecule has 2 atom stereocenters. The molecule has 0 aliphatic heterocycles. The van der Waals surface area contributed by atoms with Crippen LogP contribution in [0.4, 0.5) is 10.5 Å². The van der Waals surface area contributed by atoms with Gasteiger partial charge in [-0.2, -0.15) is 0 Å². The van der Waals surface area contributed by atoms with Crippen LogP contribution in [0.2, 0.25) is 0 Å². The predicted octanol–water partition coefficient (Wildman–Crippen LogP) is 4.38. The number of hydrogen-bond donors (Lipinski definition) is 3.